The standard InChI is InChI=1S/C20H23BrN2O4S/c1-19(2)14(17(25)26)23-15(24)13(16(23)28-19)22-18(27)20(9-3-4-10-20)11-5-7-12(21)8-6-11/h5-8,13-14,16H,3-4,9-10H2,1-2H3,(H,22,27)(H,25,26)/t13-,14+,16-/m1/s1. The van der Waals surface area contributed by atoms with Crippen molar-refractivity contribution >= 4 is 45.5 Å². The Labute approximate surface area is 176 Å². The molecule has 0 bridgehead atoms. The van der Waals surface area contributed by atoms with Gasteiger partial charge in [-0.15, -0.1) is 11.8 Å². The molecule has 150 valence electrons. The van der Waals surface area contributed by atoms with Crippen LogP contribution >= 0.6 is 27.7 Å². The van der Waals surface area contributed by atoms with Crippen molar-refractivity contribution in [3.05, 3.63) is 34.3 Å². The highest BCUT2D eigenvalue weighted by Gasteiger charge is 2.64. The van der Waals surface area contributed by atoms with Crippen LogP contribution in [0.3, 0.4) is 0 Å². The lowest BCUT2D eigenvalue weighted by Crippen LogP contribution is -2.71. The summed E-state index contributed by atoms with van der Waals surface area (Å²) in [6.07, 6.45) is 3.46. The molecule has 1 saturated carbocycles. The number of carboxylic acids is 1. The van der Waals surface area contributed by atoms with Crippen molar-refractivity contribution in [3.63, 3.8) is 0 Å². The molecule has 0 radical (unpaired) electrons. The molecule has 2 amide bonds. The van der Waals surface area contributed by atoms with Gasteiger partial charge in [0.25, 0.3) is 0 Å². The van der Waals surface area contributed by atoms with Crippen LogP contribution in [-0.2, 0) is 19.8 Å². The summed E-state index contributed by atoms with van der Waals surface area (Å²) in [6.45, 7) is 3.67. The van der Waals surface area contributed by atoms with Gasteiger partial charge in [-0.25, -0.2) is 4.79 Å². The molecule has 2 aliphatic heterocycles. The highest BCUT2D eigenvalue weighted by Crippen LogP contribution is 2.51. The number of hydrogen-bond donors (Lipinski definition) is 2. The lowest BCUT2D eigenvalue weighted by Gasteiger charge is -2.44. The van der Waals surface area contributed by atoms with E-state index in [2.05, 4.69) is 21.2 Å². The molecule has 0 spiro atoms. The van der Waals surface area contributed by atoms with E-state index in [0.717, 1.165) is 35.7 Å². The van der Waals surface area contributed by atoms with Crippen molar-refractivity contribution in [1.82, 2.24) is 10.2 Å². The number of fused-ring (bicyclic) bond motifs is 1. The lowest BCUT2D eigenvalue weighted by molar-refractivity contribution is -0.161. The summed E-state index contributed by atoms with van der Waals surface area (Å²) < 4.78 is 0.362. The number of nitrogens with zero attached hydrogens (tertiary/aromatic N) is 1. The maximum atomic E-state index is 13.3. The Bertz CT molecular complexity index is 835. The predicted molar refractivity (Wildman–Crippen MR) is 110 cm³/mol. The van der Waals surface area contributed by atoms with Crippen LogP contribution in [-0.4, -0.2) is 50.0 Å². The van der Waals surface area contributed by atoms with Crippen molar-refractivity contribution in [2.45, 2.75) is 67.2 Å². The second kappa shape index (κ2) is 6.76. The van der Waals surface area contributed by atoms with Crippen LogP contribution in [0.1, 0.15) is 45.1 Å². The zero-order chi connectivity index (χ0) is 20.3. The van der Waals surface area contributed by atoms with Gasteiger partial charge in [0.1, 0.15) is 17.5 Å². The molecule has 0 aromatic heterocycles. The van der Waals surface area contributed by atoms with E-state index in [1.807, 2.05) is 38.1 Å². The van der Waals surface area contributed by atoms with E-state index in [0.29, 0.717) is 0 Å². The van der Waals surface area contributed by atoms with Crippen LogP contribution in [0.2, 0.25) is 0 Å². The highest BCUT2D eigenvalue weighted by atomic mass is 79.9. The Balaban J connectivity index is 1.56. The molecule has 1 aromatic carbocycles. The third kappa shape index (κ3) is 2.87. The molecule has 8 heteroatoms. The normalized spacial score (nSPS) is 29.9. The summed E-state index contributed by atoms with van der Waals surface area (Å²) >= 11 is 4.88. The molecule has 4 rings (SSSR count). The van der Waals surface area contributed by atoms with E-state index in [9.17, 15) is 19.5 Å². The Hall–Kier alpha value is -1.54. The van der Waals surface area contributed by atoms with Crippen molar-refractivity contribution in [3.8, 4) is 0 Å². The molecule has 0 unspecified atom stereocenters. The molecule has 6 nitrogen and oxygen atoms in total. The monoisotopic (exact) mass is 466 g/mol. The Morgan fingerprint density at radius 3 is 2.39 bits per heavy atom. The number of hydrogen-bond acceptors (Lipinski definition) is 4. The second-order valence-electron chi connectivity index (χ2n) is 8.35. The van der Waals surface area contributed by atoms with E-state index in [1.54, 1.807) is 0 Å². The number of thioether (sulfide) groups is 1. The third-order valence-electron chi connectivity index (χ3n) is 6.25. The Morgan fingerprint density at radius 1 is 1.21 bits per heavy atom. The SMILES string of the molecule is CC1(C)S[C@@H]2[C@H](NC(=O)C3(c4ccc(Br)cc4)CCCC3)C(=O)N2[C@H]1C(=O)O. The first-order valence-electron chi connectivity index (χ1n) is 9.47. The summed E-state index contributed by atoms with van der Waals surface area (Å²) in [4.78, 5) is 39.1. The minimum Gasteiger partial charge on any atom is -0.480 e. The third-order valence-corrected chi connectivity index (χ3v) is 8.35. The van der Waals surface area contributed by atoms with Crippen LogP contribution < -0.4 is 5.32 Å². The topological polar surface area (TPSA) is 86.7 Å². The number of rotatable bonds is 4. The van der Waals surface area contributed by atoms with Crippen LogP contribution in [0.25, 0.3) is 0 Å². The van der Waals surface area contributed by atoms with E-state index in [1.165, 1.54) is 16.7 Å². The average molecular weight is 467 g/mol. The number of benzene rings is 1. The lowest BCUT2D eigenvalue weighted by atomic mass is 9.77. The predicted octanol–water partition coefficient (Wildman–Crippen LogP) is 2.89. The second-order valence-corrected chi connectivity index (χ2v) is 11.0. The minimum atomic E-state index is -1.000. The summed E-state index contributed by atoms with van der Waals surface area (Å²) in [5, 5.41) is 12.2. The Morgan fingerprint density at radius 2 is 1.82 bits per heavy atom. The van der Waals surface area contributed by atoms with Gasteiger partial charge in [-0.2, -0.15) is 0 Å². The molecule has 28 heavy (non-hydrogen) atoms. The van der Waals surface area contributed by atoms with E-state index < -0.39 is 28.2 Å². The quantitative estimate of drug-likeness (QED) is 0.666. The smallest absolute Gasteiger partial charge is 0.327 e. The van der Waals surface area contributed by atoms with Gasteiger partial charge in [0.15, 0.2) is 0 Å². The van der Waals surface area contributed by atoms with Gasteiger partial charge in [0.05, 0.1) is 5.41 Å². The summed E-state index contributed by atoms with van der Waals surface area (Å²) in [5.74, 6) is -1.42. The first-order valence-corrected chi connectivity index (χ1v) is 11.1. The zero-order valence-electron chi connectivity index (χ0n) is 15.8. The number of nitrogens with one attached hydrogen (secondary N) is 1. The maximum Gasteiger partial charge on any atom is 0.327 e. The van der Waals surface area contributed by atoms with Crippen LogP contribution in [0.4, 0.5) is 0 Å². The molecule has 2 N–H and O–H groups in total. The van der Waals surface area contributed by atoms with Gasteiger partial charge in [-0.3, -0.25) is 9.59 Å². The summed E-state index contributed by atoms with van der Waals surface area (Å²) in [7, 11) is 0. The molecule has 3 aliphatic rings. The van der Waals surface area contributed by atoms with Crippen LogP contribution in [0, 0.1) is 0 Å². The fourth-order valence-electron chi connectivity index (χ4n) is 4.82. The Kier molecular flexibility index (Phi) is 4.77. The molecule has 1 aliphatic carbocycles. The number of amides is 2. The van der Waals surface area contributed by atoms with Crippen LogP contribution in [0.15, 0.2) is 28.7 Å². The van der Waals surface area contributed by atoms with E-state index in [4.69, 9.17) is 0 Å². The highest BCUT2D eigenvalue weighted by molar-refractivity contribution is 9.10. The van der Waals surface area contributed by atoms with Crippen molar-refractivity contribution in [2.75, 3.05) is 0 Å². The fourth-order valence-corrected chi connectivity index (χ4v) is 6.71. The van der Waals surface area contributed by atoms with E-state index >= 15 is 0 Å². The maximum absolute atomic E-state index is 13.3. The molecular formula is C20H23BrN2O4S. The van der Waals surface area contributed by atoms with Gasteiger partial charge in [0.2, 0.25) is 11.8 Å². The van der Waals surface area contributed by atoms with Gasteiger partial charge in [-0.1, -0.05) is 40.9 Å². The number of carbonyl (C=O) groups is 3. The molecule has 1 aromatic rings. The summed E-state index contributed by atoms with van der Waals surface area (Å²) in [6, 6.07) is 6.29. The van der Waals surface area contributed by atoms with Gasteiger partial charge < -0.3 is 15.3 Å². The molecular weight excluding hydrogens is 444 g/mol. The van der Waals surface area contributed by atoms with Gasteiger partial charge in [0, 0.05) is 9.22 Å². The number of carbonyl (C=O) groups excluding carboxylic acids is 2. The summed E-state index contributed by atoms with van der Waals surface area (Å²) in [5.41, 5.74) is 0.351. The molecule has 3 atom stereocenters. The van der Waals surface area contributed by atoms with Crippen molar-refractivity contribution in [1.29, 1.82) is 0 Å². The first-order chi connectivity index (χ1) is 13.2. The molecule has 2 heterocycles. The average Bonchev–Trinajstić information content (AvgIpc) is 3.22. The van der Waals surface area contributed by atoms with Gasteiger partial charge >= 0.3 is 5.97 Å². The van der Waals surface area contributed by atoms with Crippen LogP contribution in [0.5, 0.6) is 0 Å². The fraction of sp³-hybridized carbons (Fsp3) is 0.550. The van der Waals surface area contributed by atoms with Crippen molar-refractivity contribution in [2.24, 2.45) is 0 Å². The molecule has 3 fully saturated rings. The number of halogens is 1. The zero-order valence-corrected chi connectivity index (χ0v) is 18.2. The number of carboxylic acid groups (broad SMARTS) is 1. The van der Waals surface area contributed by atoms with Gasteiger partial charge in [-0.05, 0) is 44.4 Å². The van der Waals surface area contributed by atoms with Crippen molar-refractivity contribution < 1.29 is 19.5 Å². The first kappa shape index (κ1) is 19.8. The minimum absolute atomic E-state index is 0.123. The van der Waals surface area contributed by atoms with E-state index in [-0.39, 0.29) is 17.2 Å². The largest absolute Gasteiger partial charge is 0.480 e. The number of β-lactam (4-membered cyclic amide) rings is 1. The number of aliphatic carboxylic acids is 1. The molecule has 2 saturated heterocycles.